The molecule has 1 aliphatic carbocycles. The predicted octanol–water partition coefficient (Wildman–Crippen LogP) is 4.92. The summed E-state index contributed by atoms with van der Waals surface area (Å²) in [7, 11) is 0. The summed E-state index contributed by atoms with van der Waals surface area (Å²) >= 11 is 7.54. The van der Waals surface area contributed by atoms with E-state index in [1.807, 2.05) is 25.1 Å². The lowest BCUT2D eigenvalue weighted by Crippen LogP contribution is -2.51. The first-order valence-electron chi connectivity index (χ1n) is 9.54. The summed E-state index contributed by atoms with van der Waals surface area (Å²) in [5, 5.41) is 13.7. The summed E-state index contributed by atoms with van der Waals surface area (Å²) in [5.41, 5.74) is 1.16. The molecule has 1 amide bonds. The Balaban J connectivity index is 1.78. The van der Waals surface area contributed by atoms with Crippen LogP contribution in [0.15, 0.2) is 23.4 Å². The van der Waals surface area contributed by atoms with Gasteiger partial charge in [0.25, 0.3) is 0 Å². The van der Waals surface area contributed by atoms with Gasteiger partial charge in [0.2, 0.25) is 5.91 Å². The summed E-state index contributed by atoms with van der Waals surface area (Å²) in [4.78, 5) is 17.5. The molecule has 0 spiro atoms. The second kappa shape index (κ2) is 8.53. The maximum absolute atomic E-state index is 12.8. The number of imidazole rings is 1. The Kier molecular flexibility index (Phi) is 6.33. The summed E-state index contributed by atoms with van der Waals surface area (Å²) in [6.07, 6.45) is 5.55. The molecule has 1 N–H and O–H groups in total. The van der Waals surface area contributed by atoms with Crippen molar-refractivity contribution in [2.45, 2.75) is 74.9 Å². The molecule has 1 saturated carbocycles. The number of nitrogens with one attached hydrogen (secondary N) is 1. The van der Waals surface area contributed by atoms with Gasteiger partial charge in [0.15, 0.2) is 5.16 Å². The summed E-state index contributed by atoms with van der Waals surface area (Å²) in [6, 6.07) is 8.04. The minimum atomic E-state index is -0.707. The van der Waals surface area contributed by atoms with Gasteiger partial charge < -0.3 is 9.88 Å². The largest absolute Gasteiger partial charge is 0.337 e. The number of nitrogens with zero attached hydrogens (tertiary/aromatic N) is 3. The van der Waals surface area contributed by atoms with Crippen molar-refractivity contribution in [1.29, 1.82) is 5.26 Å². The lowest BCUT2D eigenvalue weighted by Gasteiger charge is -2.32. The summed E-state index contributed by atoms with van der Waals surface area (Å²) < 4.78 is 2.14. The monoisotopic (exact) mass is 404 g/mol. The van der Waals surface area contributed by atoms with E-state index in [1.165, 1.54) is 11.8 Å². The van der Waals surface area contributed by atoms with Crippen LogP contribution in [-0.2, 0) is 11.3 Å². The zero-order chi connectivity index (χ0) is 19.4. The van der Waals surface area contributed by atoms with Crippen LogP contribution in [0.3, 0.4) is 0 Å². The lowest BCUT2D eigenvalue weighted by atomic mass is 9.83. The van der Waals surface area contributed by atoms with E-state index in [-0.39, 0.29) is 11.2 Å². The molecule has 1 aliphatic rings. The van der Waals surface area contributed by atoms with Gasteiger partial charge in [-0.05, 0) is 44.4 Å². The van der Waals surface area contributed by atoms with Gasteiger partial charge in [0.1, 0.15) is 5.54 Å². The fraction of sp³-hybridized carbons (Fsp3) is 0.550. The molecule has 0 radical (unpaired) electrons. The van der Waals surface area contributed by atoms with Gasteiger partial charge >= 0.3 is 0 Å². The molecule has 1 aromatic carbocycles. The zero-order valence-electron chi connectivity index (χ0n) is 15.8. The highest BCUT2D eigenvalue weighted by atomic mass is 35.5. The van der Waals surface area contributed by atoms with Crippen molar-refractivity contribution in [3.05, 3.63) is 23.2 Å². The van der Waals surface area contributed by atoms with Crippen LogP contribution in [0, 0.1) is 11.3 Å². The second-order valence-corrected chi connectivity index (χ2v) is 8.93. The molecule has 0 aliphatic heterocycles. The Morgan fingerprint density at radius 3 is 2.85 bits per heavy atom. The molecule has 144 valence electrons. The van der Waals surface area contributed by atoms with Crippen molar-refractivity contribution >= 4 is 40.3 Å². The van der Waals surface area contributed by atoms with E-state index in [2.05, 4.69) is 22.9 Å². The van der Waals surface area contributed by atoms with Crippen molar-refractivity contribution < 1.29 is 4.79 Å². The third-order valence-corrected chi connectivity index (χ3v) is 6.38. The van der Waals surface area contributed by atoms with E-state index in [0.717, 1.165) is 61.3 Å². The van der Waals surface area contributed by atoms with Crippen LogP contribution in [0.25, 0.3) is 11.0 Å². The third-order valence-electron chi connectivity index (χ3n) is 5.06. The molecule has 1 fully saturated rings. The van der Waals surface area contributed by atoms with Gasteiger partial charge in [0, 0.05) is 11.6 Å². The molecular formula is C20H25ClN4OS. The van der Waals surface area contributed by atoms with Crippen molar-refractivity contribution in [1.82, 2.24) is 14.9 Å². The molecular weight excluding hydrogens is 380 g/mol. The van der Waals surface area contributed by atoms with Crippen LogP contribution in [-0.4, -0.2) is 26.2 Å². The topological polar surface area (TPSA) is 70.7 Å². The van der Waals surface area contributed by atoms with Gasteiger partial charge in [-0.25, -0.2) is 4.98 Å². The molecule has 1 heterocycles. The summed E-state index contributed by atoms with van der Waals surface area (Å²) in [6.45, 7) is 4.82. The highest BCUT2D eigenvalue weighted by Crippen LogP contribution is 2.31. The highest BCUT2D eigenvalue weighted by molar-refractivity contribution is 8.00. The number of fused-ring (bicyclic) bond motifs is 1. The van der Waals surface area contributed by atoms with Gasteiger partial charge in [0.05, 0.1) is 22.4 Å². The van der Waals surface area contributed by atoms with Crippen molar-refractivity contribution in [2.75, 3.05) is 0 Å². The fourth-order valence-electron chi connectivity index (χ4n) is 3.58. The van der Waals surface area contributed by atoms with Crippen molar-refractivity contribution in [3.8, 4) is 6.07 Å². The fourth-order valence-corrected chi connectivity index (χ4v) is 4.70. The average molecular weight is 405 g/mol. The Bertz CT molecular complexity index is 867. The van der Waals surface area contributed by atoms with Gasteiger partial charge in [-0.1, -0.05) is 49.5 Å². The number of rotatable bonds is 6. The van der Waals surface area contributed by atoms with Crippen LogP contribution >= 0.6 is 23.4 Å². The first-order valence-corrected chi connectivity index (χ1v) is 10.8. The quantitative estimate of drug-likeness (QED) is 0.693. The molecule has 5 nitrogen and oxygen atoms in total. The number of amides is 1. The van der Waals surface area contributed by atoms with E-state index in [1.54, 1.807) is 0 Å². The van der Waals surface area contributed by atoms with E-state index in [4.69, 9.17) is 16.6 Å². The number of aromatic nitrogens is 2. The Labute approximate surface area is 169 Å². The predicted molar refractivity (Wildman–Crippen MR) is 110 cm³/mol. The van der Waals surface area contributed by atoms with Crippen LogP contribution in [0.1, 0.15) is 52.4 Å². The van der Waals surface area contributed by atoms with Gasteiger partial charge in [-0.2, -0.15) is 5.26 Å². The van der Waals surface area contributed by atoms with Gasteiger partial charge in [-0.15, -0.1) is 0 Å². The number of benzene rings is 1. The van der Waals surface area contributed by atoms with Crippen LogP contribution < -0.4 is 5.32 Å². The van der Waals surface area contributed by atoms with Crippen LogP contribution in [0.5, 0.6) is 0 Å². The number of carbonyl (C=O) groups excluding carboxylic acids is 1. The molecule has 3 rings (SSSR count). The molecule has 27 heavy (non-hydrogen) atoms. The minimum Gasteiger partial charge on any atom is -0.337 e. The normalized spacial score (nSPS) is 17.4. The Hall–Kier alpha value is -1.71. The molecule has 2 aromatic rings. The molecule has 0 bridgehead atoms. The number of halogens is 1. The highest BCUT2D eigenvalue weighted by Gasteiger charge is 2.35. The molecule has 1 aromatic heterocycles. The number of thioether (sulfide) groups is 1. The van der Waals surface area contributed by atoms with Gasteiger partial charge in [-0.3, -0.25) is 4.79 Å². The van der Waals surface area contributed by atoms with Crippen LogP contribution in [0.4, 0.5) is 0 Å². The standard InChI is InChI=1S/C20H25ClN4OS/c1-3-11-25-17-8-7-15(21)12-16(17)23-19(25)27-14(2)18(26)24-20(13-22)9-5-4-6-10-20/h7-8,12,14H,3-6,9-11H2,1-2H3,(H,24,26). The maximum Gasteiger partial charge on any atom is 0.234 e. The number of aryl methyl sites for hydroxylation is 1. The first kappa shape index (κ1) is 20.0. The number of hydrogen-bond donors (Lipinski definition) is 1. The zero-order valence-corrected chi connectivity index (χ0v) is 17.4. The van der Waals surface area contributed by atoms with Crippen molar-refractivity contribution in [3.63, 3.8) is 0 Å². The Morgan fingerprint density at radius 1 is 1.44 bits per heavy atom. The number of nitriles is 1. The average Bonchev–Trinajstić information content (AvgIpc) is 2.99. The molecule has 1 atom stereocenters. The SMILES string of the molecule is CCCn1c(SC(C)C(=O)NC2(C#N)CCCCC2)nc2cc(Cl)ccc21. The van der Waals surface area contributed by atoms with E-state index in [0.29, 0.717) is 5.02 Å². The first-order chi connectivity index (χ1) is 13.0. The van der Waals surface area contributed by atoms with Crippen molar-refractivity contribution in [2.24, 2.45) is 0 Å². The minimum absolute atomic E-state index is 0.100. The van der Waals surface area contributed by atoms with E-state index >= 15 is 0 Å². The van der Waals surface area contributed by atoms with E-state index in [9.17, 15) is 10.1 Å². The lowest BCUT2D eigenvalue weighted by molar-refractivity contribution is -0.121. The van der Waals surface area contributed by atoms with Crippen LogP contribution in [0.2, 0.25) is 5.02 Å². The molecule has 0 saturated heterocycles. The molecule has 7 heteroatoms. The second-order valence-electron chi connectivity index (χ2n) is 7.18. The van der Waals surface area contributed by atoms with E-state index < -0.39 is 5.54 Å². The number of carbonyl (C=O) groups is 1. The summed E-state index contributed by atoms with van der Waals surface area (Å²) in [5.74, 6) is -0.100. The smallest absolute Gasteiger partial charge is 0.234 e. The Morgan fingerprint density at radius 2 is 2.19 bits per heavy atom. The third kappa shape index (κ3) is 4.41. The maximum atomic E-state index is 12.8. The number of hydrogen-bond acceptors (Lipinski definition) is 4. The molecule has 1 unspecified atom stereocenters.